The first-order chi connectivity index (χ1) is 9.75. The van der Waals surface area contributed by atoms with E-state index >= 15 is 0 Å². The van der Waals surface area contributed by atoms with Gasteiger partial charge in [-0.15, -0.1) is 5.10 Å². The quantitative estimate of drug-likeness (QED) is 0.734. The first-order valence-corrected chi connectivity index (χ1v) is 6.89. The Bertz CT molecular complexity index is 817. The van der Waals surface area contributed by atoms with Gasteiger partial charge in [0.05, 0.1) is 23.1 Å². The number of nitrogens with zero attached hydrogens (tertiary/aromatic N) is 4. The van der Waals surface area contributed by atoms with E-state index in [2.05, 4.69) is 15.3 Å². The molecule has 2 heterocycles. The zero-order valence-corrected chi connectivity index (χ0v) is 11.2. The van der Waals surface area contributed by atoms with Crippen LogP contribution < -0.4 is 11.3 Å². The van der Waals surface area contributed by atoms with Gasteiger partial charge in [-0.05, 0) is 18.2 Å². The van der Waals surface area contributed by atoms with Crippen LogP contribution in [-0.2, 0) is 5.88 Å². The summed E-state index contributed by atoms with van der Waals surface area (Å²) in [5, 5.41) is 8.52. The SMILES string of the molecule is Nc1cnccc1SCn1nnc2ccccc2c1=O. The summed E-state index contributed by atoms with van der Waals surface area (Å²) in [6.07, 6.45) is 3.24. The van der Waals surface area contributed by atoms with E-state index < -0.39 is 0 Å². The van der Waals surface area contributed by atoms with Crippen molar-refractivity contribution in [2.24, 2.45) is 0 Å². The maximum atomic E-state index is 12.2. The molecular formula is C13H11N5OS. The topological polar surface area (TPSA) is 86.7 Å². The van der Waals surface area contributed by atoms with E-state index in [1.54, 1.807) is 30.6 Å². The lowest BCUT2D eigenvalue weighted by Gasteiger charge is -2.06. The third-order valence-electron chi connectivity index (χ3n) is 2.78. The monoisotopic (exact) mass is 285 g/mol. The highest BCUT2D eigenvalue weighted by molar-refractivity contribution is 7.98. The normalized spacial score (nSPS) is 10.8. The molecule has 2 aromatic heterocycles. The van der Waals surface area contributed by atoms with Crippen molar-refractivity contribution in [2.45, 2.75) is 10.8 Å². The fourth-order valence-corrected chi connectivity index (χ4v) is 2.57. The van der Waals surface area contributed by atoms with Crippen molar-refractivity contribution >= 4 is 28.4 Å². The molecular weight excluding hydrogens is 274 g/mol. The molecule has 20 heavy (non-hydrogen) atoms. The van der Waals surface area contributed by atoms with E-state index in [1.807, 2.05) is 12.1 Å². The lowest BCUT2D eigenvalue weighted by atomic mass is 10.2. The summed E-state index contributed by atoms with van der Waals surface area (Å²) in [7, 11) is 0. The predicted octanol–water partition coefficient (Wildman–Crippen LogP) is 1.52. The van der Waals surface area contributed by atoms with Crippen molar-refractivity contribution < 1.29 is 0 Å². The van der Waals surface area contributed by atoms with Gasteiger partial charge in [0.1, 0.15) is 5.52 Å². The smallest absolute Gasteiger partial charge is 0.278 e. The van der Waals surface area contributed by atoms with Crippen LogP contribution in [0.1, 0.15) is 0 Å². The van der Waals surface area contributed by atoms with E-state index in [0.29, 0.717) is 22.5 Å². The van der Waals surface area contributed by atoms with Crippen LogP contribution in [0.4, 0.5) is 5.69 Å². The second-order valence-electron chi connectivity index (χ2n) is 4.10. The van der Waals surface area contributed by atoms with Gasteiger partial charge in [0.2, 0.25) is 0 Å². The van der Waals surface area contributed by atoms with Gasteiger partial charge in [0.25, 0.3) is 5.56 Å². The van der Waals surface area contributed by atoms with E-state index in [0.717, 1.165) is 4.90 Å². The largest absolute Gasteiger partial charge is 0.397 e. The van der Waals surface area contributed by atoms with Gasteiger partial charge in [-0.2, -0.15) is 0 Å². The van der Waals surface area contributed by atoms with Crippen LogP contribution in [0, 0.1) is 0 Å². The van der Waals surface area contributed by atoms with Crippen molar-refractivity contribution in [3.05, 3.63) is 53.1 Å². The number of hydrogen-bond donors (Lipinski definition) is 1. The van der Waals surface area contributed by atoms with Crippen molar-refractivity contribution in [1.82, 2.24) is 20.0 Å². The zero-order chi connectivity index (χ0) is 13.9. The minimum absolute atomic E-state index is 0.157. The molecule has 0 fully saturated rings. The Labute approximate surface area is 118 Å². The van der Waals surface area contributed by atoms with Gasteiger partial charge in [0.15, 0.2) is 0 Å². The summed E-state index contributed by atoms with van der Waals surface area (Å²) >= 11 is 1.42. The average molecular weight is 285 g/mol. The summed E-state index contributed by atoms with van der Waals surface area (Å²) in [5.41, 5.74) is 6.83. The molecule has 0 amide bonds. The maximum absolute atomic E-state index is 12.2. The lowest BCUT2D eigenvalue weighted by Crippen LogP contribution is -2.23. The Morgan fingerprint density at radius 2 is 2.10 bits per heavy atom. The van der Waals surface area contributed by atoms with Gasteiger partial charge in [-0.3, -0.25) is 9.78 Å². The molecule has 0 aliphatic carbocycles. The minimum atomic E-state index is -0.157. The van der Waals surface area contributed by atoms with Crippen LogP contribution >= 0.6 is 11.8 Å². The molecule has 0 atom stereocenters. The Morgan fingerprint density at radius 3 is 2.95 bits per heavy atom. The van der Waals surface area contributed by atoms with Crippen molar-refractivity contribution in [2.75, 3.05) is 5.73 Å². The molecule has 0 bridgehead atoms. The molecule has 3 rings (SSSR count). The van der Waals surface area contributed by atoms with Gasteiger partial charge in [-0.1, -0.05) is 29.1 Å². The lowest BCUT2D eigenvalue weighted by molar-refractivity contribution is 0.645. The van der Waals surface area contributed by atoms with Gasteiger partial charge in [-0.25, -0.2) is 4.68 Å². The van der Waals surface area contributed by atoms with Crippen molar-refractivity contribution in [3.8, 4) is 0 Å². The van der Waals surface area contributed by atoms with Gasteiger partial charge >= 0.3 is 0 Å². The Hall–Kier alpha value is -2.41. The van der Waals surface area contributed by atoms with Crippen LogP contribution in [0.15, 0.2) is 52.4 Å². The third kappa shape index (κ3) is 2.35. The highest BCUT2D eigenvalue weighted by Gasteiger charge is 2.06. The van der Waals surface area contributed by atoms with Crippen LogP contribution in [0.3, 0.4) is 0 Å². The molecule has 6 nitrogen and oxygen atoms in total. The molecule has 0 unspecified atom stereocenters. The Morgan fingerprint density at radius 1 is 1.25 bits per heavy atom. The third-order valence-corrected chi connectivity index (χ3v) is 3.84. The first kappa shape index (κ1) is 12.6. The van der Waals surface area contributed by atoms with Gasteiger partial charge in [0, 0.05) is 11.1 Å². The first-order valence-electron chi connectivity index (χ1n) is 5.90. The number of benzene rings is 1. The summed E-state index contributed by atoms with van der Waals surface area (Å²) in [5.74, 6) is 0.352. The molecule has 0 radical (unpaired) electrons. The Kier molecular flexibility index (Phi) is 3.34. The number of aromatic nitrogens is 4. The molecule has 2 N–H and O–H groups in total. The number of thioether (sulfide) groups is 1. The number of fused-ring (bicyclic) bond motifs is 1. The molecule has 3 aromatic rings. The van der Waals surface area contributed by atoms with E-state index in [1.165, 1.54) is 16.4 Å². The molecule has 0 aliphatic heterocycles. The number of nitrogens with two attached hydrogens (primary N) is 1. The standard InChI is InChI=1S/C13H11N5OS/c14-10-7-15-6-5-12(10)20-8-18-13(19)9-3-1-2-4-11(9)16-17-18/h1-7H,8,14H2. The van der Waals surface area contributed by atoms with E-state index in [-0.39, 0.29) is 5.56 Å². The van der Waals surface area contributed by atoms with Crippen molar-refractivity contribution in [1.29, 1.82) is 0 Å². The number of hydrogen-bond acceptors (Lipinski definition) is 6. The van der Waals surface area contributed by atoms with Crippen LogP contribution in [0.2, 0.25) is 0 Å². The van der Waals surface area contributed by atoms with Crippen LogP contribution in [0.25, 0.3) is 10.9 Å². The second kappa shape index (κ2) is 5.30. The fraction of sp³-hybridized carbons (Fsp3) is 0.0769. The number of anilines is 1. The second-order valence-corrected chi connectivity index (χ2v) is 5.08. The highest BCUT2D eigenvalue weighted by atomic mass is 32.2. The number of rotatable bonds is 3. The average Bonchev–Trinajstić information content (AvgIpc) is 2.48. The van der Waals surface area contributed by atoms with Crippen LogP contribution in [-0.4, -0.2) is 20.0 Å². The summed E-state index contributed by atoms with van der Waals surface area (Å²) in [6, 6.07) is 8.95. The molecule has 100 valence electrons. The molecule has 0 aliphatic rings. The fourth-order valence-electron chi connectivity index (χ4n) is 1.76. The molecule has 1 aromatic carbocycles. The molecule has 0 saturated carbocycles. The minimum Gasteiger partial charge on any atom is -0.397 e. The summed E-state index contributed by atoms with van der Waals surface area (Å²) in [4.78, 5) is 17.0. The zero-order valence-electron chi connectivity index (χ0n) is 10.4. The molecule has 7 heteroatoms. The van der Waals surface area contributed by atoms with E-state index in [4.69, 9.17) is 5.73 Å². The number of nitrogen functional groups attached to an aromatic ring is 1. The summed E-state index contributed by atoms with van der Waals surface area (Å²) in [6.45, 7) is 0. The number of pyridine rings is 1. The highest BCUT2D eigenvalue weighted by Crippen LogP contribution is 2.24. The predicted molar refractivity (Wildman–Crippen MR) is 78.3 cm³/mol. The van der Waals surface area contributed by atoms with Crippen molar-refractivity contribution in [3.63, 3.8) is 0 Å². The molecule has 0 saturated heterocycles. The van der Waals surface area contributed by atoms with Gasteiger partial charge < -0.3 is 5.73 Å². The van der Waals surface area contributed by atoms with Crippen LogP contribution in [0.5, 0.6) is 0 Å². The Balaban J connectivity index is 1.90. The summed E-state index contributed by atoms with van der Waals surface area (Å²) < 4.78 is 1.33. The van der Waals surface area contributed by atoms with E-state index in [9.17, 15) is 4.79 Å². The maximum Gasteiger partial charge on any atom is 0.278 e. The molecule has 0 spiro atoms.